The van der Waals surface area contributed by atoms with Gasteiger partial charge in [-0.3, -0.25) is 9.59 Å². The lowest BCUT2D eigenvalue weighted by molar-refractivity contribution is -0.141. The van der Waals surface area contributed by atoms with Gasteiger partial charge in [0, 0.05) is 32.7 Å². The second kappa shape index (κ2) is 8.44. The molecule has 0 spiro atoms. The first-order chi connectivity index (χ1) is 11.1. The topological polar surface area (TPSA) is 52.7 Å². The van der Waals surface area contributed by atoms with Crippen molar-refractivity contribution in [2.24, 2.45) is 5.92 Å². The van der Waals surface area contributed by atoms with Gasteiger partial charge in [0.2, 0.25) is 11.8 Å². The molecule has 2 aliphatic rings. The lowest BCUT2D eigenvalue weighted by atomic mass is 10.1. The third kappa shape index (κ3) is 4.24. The Bertz CT molecular complexity index is 585. The van der Waals surface area contributed by atoms with Crippen molar-refractivity contribution in [3.05, 3.63) is 35.6 Å². The van der Waals surface area contributed by atoms with Crippen LogP contribution in [-0.4, -0.2) is 60.9 Å². The van der Waals surface area contributed by atoms with E-state index >= 15 is 0 Å². The van der Waals surface area contributed by atoms with Crippen LogP contribution < -0.4 is 5.32 Å². The molecule has 0 aliphatic carbocycles. The highest BCUT2D eigenvalue weighted by Gasteiger charge is 2.30. The summed E-state index contributed by atoms with van der Waals surface area (Å²) in [6.45, 7) is 3.85. The summed E-state index contributed by atoms with van der Waals surface area (Å²) < 4.78 is 13.6. The highest BCUT2D eigenvalue weighted by Crippen LogP contribution is 2.15. The number of amides is 2. The van der Waals surface area contributed by atoms with Crippen molar-refractivity contribution in [2.75, 3.05) is 39.3 Å². The maximum Gasteiger partial charge on any atom is 0.227 e. The molecule has 7 heteroatoms. The van der Waals surface area contributed by atoms with Crippen molar-refractivity contribution < 1.29 is 14.0 Å². The smallest absolute Gasteiger partial charge is 0.227 e. The fourth-order valence-corrected chi connectivity index (χ4v) is 3.22. The Hall–Kier alpha value is -1.66. The van der Waals surface area contributed by atoms with Crippen LogP contribution in [0.1, 0.15) is 12.0 Å². The lowest BCUT2D eigenvalue weighted by Crippen LogP contribution is -2.52. The Labute approximate surface area is 147 Å². The van der Waals surface area contributed by atoms with Crippen LogP contribution in [0, 0.1) is 11.7 Å². The van der Waals surface area contributed by atoms with Gasteiger partial charge in [0.1, 0.15) is 5.82 Å². The van der Waals surface area contributed by atoms with E-state index in [0.29, 0.717) is 31.7 Å². The van der Waals surface area contributed by atoms with Gasteiger partial charge in [-0.25, -0.2) is 4.39 Å². The second-order valence-electron chi connectivity index (χ2n) is 6.16. The van der Waals surface area contributed by atoms with Gasteiger partial charge in [-0.1, -0.05) is 18.2 Å². The second-order valence-corrected chi connectivity index (χ2v) is 6.16. The summed E-state index contributed by atoms with van der Waals surface area (Å²) >= 11 is 0. The van der Waals surface area contributed by atoms with E-state index in [1.807, 2.05) is 4.90 Å². The molecule has 2 aliphatic heterocycles. The van der Waals surface area contributed by atoms with Gasteiger partial charge in [-0.2, -0.15) is 0 Å². The number of nitrogens with zero attached hydrogens (tertiary/aromatic N) is 2. The molecule has 1 unspecified atom stereocenters. The standard InChI is InChI=1S/C17H22FN3O2.ClH/c18-15-4-2-1-3-13(15)11-16(22)20-7-9-21(10-8-20)17(23)14-5-6-19-12-14;/h1-4,14,19H,5-12H2;1H. The van der Waals surface area contributed by atoms with Crippen LogP contribution in [0.15, 0.2) is 24.3 Å². The summed E-state index contributed by atoms with van der Waals surface area (Å²) in [6, 6.07) is 6.36. The highest BCUT2D eigenvalue weighted by atomic mass is 35.5. The zero-order chi connectivity index (χ0) is 16.2. The van der Waals surface area contributed by atoms with Gasteiger partial charge in [0.05, 0.1) is 12.3 Å². The quantitative estimate of drug-likeness (QED) is 0.882. The predicted octanol–water partition coefficient (Wildman–Crippen LogP) is 1.07. The minimum atomic E-state index is -0.344. The summed E-state index contributed by atoms with van der Waals surface area (Å²) in [6.07, 6.45) is 0.971. The van der Waals surface area contributed by atoms with Crippen LogP contribution in [0.25, 0.3) is 0 Å². The fraction of sp³-hybridized carbons (Fsp3) is 0.529. The SMILES string of the molecule is Cl.O=C(Cc1ccccc1F)N1CCN(C(=O)C2CCNC2)CC1. The number of nitrogens with one attached hydrogen (secondary N) is 1. The maximum absolute atomic E-state index is 13.6. The third-order valence-corrected chi connectivity index (χ3v) is 4.65. The fourth-order valence-electron chi connectivity index (χ4n) is 3.22. The number of benzene rings is 1. The summed E-state index contributed by atoms with van der Waals surface area (Å²) in [7, 11) is 0. The number of piperazine rings is 1. The van der Waals surface area contributed by atoms with E-state index in [0.717, 1.165) is 19.5 Å². The van der Waals surface area contributed by atoms with Gasteiger partial charge >= 0.3 is 0 Å². The molecule has 132 valence electrons. The van der Waals surface area contributed by atoms with E-state index in [4.69, 9.17) is 0 Å². The minimum Gasteiger partial charge on any atom is -0.339 e. The zero-order valence-electron chi connectivity index (χ0n) is 13.5. The molecular weight excluding hydrogens is 333 g/mol. The summed E-state index contributed by atoms with van der Waals surface area (Å²) in [5.41, 5.74) is 0.424. The van der Waals surface area contributed by atoms with E-state index in [1.165, 1.54) is 6.07 Å². The van der Waals surface area contributed by atoms with E-state index in [9.17, 15) is 14.0 Å². The number of hydrogen-bond acceptors (Lipinski definition) is 3. The maximum atomic E-state index is 13.6. The molecule has 0 bridgehead atoms. The molecule has 1 N–H and O–H groups in total. The highest BCUT2D eigenvalue weighted by molar-refractivity contribution is 5.85. The van der Waals surface area contributed by atoms with Gasteiger partial charge in [0.25, 0.3) is 0 Å². The van der Waals surface area contributed by atoms with Crippen LogP contribution in [0.2, 0.25) is 0 Å². The largest absolute Gasteiger partial charge is 0.339 e. The molecule has 3 rings (SSSR count). The summed E-state index contributed by atoms with van der Waals surface area (Å²) in [5, 5.41) is 3.20. The Morgan fingerprint density at radius 3 is 2.42 bits per heavy atom. The average molecular weight is 356 g/mol. The van der Waals surface area contributed by atoms with Crippen LogP contribution >= 0.6 is 12.4 Å². The number of carbonyl (C=O) groups excluding carboxylic acids is 2. The van der Waals surface area contributed by atoms with E-state index < -0.39 is 0 Å². The molecule has 24 heavy (non-hydrogen) atoms. The Kier molecular flexibility index (Phi) is 6.57. The molecule has 2 fully saturated rings. The van der Waals surface area contributed by atoms with E-state index in [-0.39, 0.29) is 42.4 Å². The van der Waals surface area contributed by atoms with Gasteiger partial charge in [0.15, 0.2) is 0 Å². The molecule has 0 saturated carbocycles. The van der Waals surface area contributed by atoms with Crippen molar-refractivity contribution >= 4 is 24.2 Å². The molecule has 1 aromatic carbocycles. The Morgan fingerprint density at radius 2 is 1.79 bits per heavy atom. The Balaban J connectivity index is 0.00000208. The van der Waals surface area contributed by atoms with E-state index in [1.54, 1.807) is 23.1 Å². The van der Waals surface area contributed by atoms with Crippen molar-refractivity contribution in [2.45, 2.75) is 12.8 Å². The normalized spacial score (nSPS) is 20.6. The van der Waals surface area contributed by atoms with E-state index in [2.05, 4.69) is 5.32 Å². The number of carbonyl (C=O) groups is 2. The molecule has 5 nitrogen and oxygen atoms in total. The van der Waals surface area contributed by atoms with Crippen molar-refractivity contribution in [3.8, 4) is 0 Å². The molecule has 1 aromatic rings. The van der Waals surface area contributed by atoms with Gasteiger partial charge in [-0.05, 0) is 24.6 Å². The van der Waals surface area contributed by atoms with Crippen LogP contribution in [0.4, 0.5) is 4.39 Å². The van der Waals surface area contributed by atoms with Gasteiger partial charge in [-0.15, -0.1) is 12.4 Å². The molecule has 0 aromatic heterocycles. The zero-order valence-corrected chi connectivity index (χ0v) is 14.4. The molecular formula is C17H23ClFN3O2. The predicted molar refractivity (Wildman–Crippen MR) is 91.5 cm³/mol. The minimum absolute atomic E-state index is 0. The van der Waals surface area contributed by atoms with Gasteiger partial charge < -0.3 is 15.1 Å². The van der Waals surface area contributed by atoms with Crippen LogP contribution in [0.3, 0.4) is 0 Å². The number of hydrogen-bond donors (Lipinski definition) is 1. The molecule has 0 radical (unpaired) electrons. The third-order valence-electron chi connectivity index (χ3n) is 4.65. The molecule has 1 atom stereocenters. The van der Waals surface area contributed by atoms with Crippen molar-refractivity contribution in [1.29, 1.82) is 0 Å². The van der Waals surface area contributed by atoms with Crippen LogP contribution in [-0.2, 0) is 16.0 Å². The van der Waals surface area contributed by atoms with Crippen molar-refractivity contribution in [1.82, 2.24) is 15.1 Å². The Morgan fingerprint density at radius 1 is 1.12 bits per heavy atom. The average Bonchev–Trinajstić information content (AvgIpc) is 3.11. The van der Waals surface area contributed by atoms with Crippen LogP contribution in [0.5, 0.6) is 0 Å². The lowest BCUT2D eigenvalue weighted by Gasteiger charge is -2.36. The number of rotatable bonds is 3. The molecule has 2 heterocycles. The summed E-state index contributed by atoms with van der Waals surface area (Å²) in [5.74, 6) is -0.153. The molecule has 2 saturated heterocycles. The van der Waals surface area contributed by atoms with Crippen molar-refractivity contribution in [3.63, 3.8) is 0 Å². The first-order valence-electron chi connectivity index (χ1n) is 8.16. The first kappa shape index (κ1) is 18.7. The molecule has 2 amide bonds. The number of halogens is 2. The summed E-state index contributed by atoms with van der Waals surface area (Å²) in [4.78, 5) is 28.2. The first-order valence-corrected chi connectivity index (χ1v) is 8.16. The monoisotopic (exact) mass is 355 g/mol.